The first-order valence-corrected chi connectivity index (χ1v) is 8.60. The number of likely N-dealkylation sites (tertiary alicyclic amines) is 1. The van der Waals surface area contributed by atoms with Gasteiger partial charge in [0, 0.05) is 25.4 Å². The maximum atomic E-state index is 12.7. The van der Waals surface area contributed by atoms with E-state index in [0.29, 0.717) is 17.7 Å². The van der Waals surface area contributed by atoms with Crippen molar-refractivity contribution < 1.29 is 4.79 Å². The first-order chi connectivity index (χ1) is 10.6. The summed E-state index contributed by atoms with van der Waals surface area (Å²) in [5.41, 5.74) is 1.52. The van der Waals surface area contributed by atoms with Crippen LogP contribution in [0.15, 0.2) is 30.3 Å². The van der Waals surface area contributed by atoms with Gasteiger partial charge in [0.2, 0.25) is 5.91 Å². The SMILES string of the molecule is CC1(C)CN(C(=O)CC2CCNCC2)CC1c1ccccc1.Cl. The zero-order valence-corrected chi connectivity index (χ0v) is 15.1. The highest BCUT2D eigenvalue weighted by Gasteiger charge is 2.42. The van der Waals surface area contributed by atoms with Crippen molar-refractivity contribution in [3.63, 3.8) is 0 Å². The first kappa shape index (κ1) is 18.3. The van der Waals surface area contributed by atoms with Gasteiger partial charge in [0.1, 0.15) is 0 Å². The number of carbonyl (C=O) groups excluding carboxylic acids is 1. The minimum absolute atomic E-state index is 0. The van der Waals surface area contributed by atoms with Crippen molar-refractivity contribution in [1.82, 2.24) is 10.2 Å². The summed E-state index contributed by atoms with van der Waals surface area (Å²) >= 11 is 0. The van der Waals surface area contributed by atoms with Crippen LogP contribution in [0, 0.1) is 11.3 Å². The molecule has 4 heteroatoms. The summed E-state index contributed by atoms with van der Waals surface area (Å²) in [7, 11) is 0. The fraction of sp³-hybridized carbons (Fsp3) is 0.632. The van der Waals surface area contributed by atoms with E-state index in [1.54, 1.807) is 0 Å². The number of halogens is 1. The second kappa shape index (κ2) is 7.67. The third-order valence-corrected chi connectivity index (χ3v) is 5.42. The predicted octanol–water partition coefficient (Wildman–Crippen LogP) is 3.45. The van der Waals surface area contributed by atoms with Crippen LogP contribution in [-0.2, 0) is 4.79 Å². The van der Waals surface area contributed by atoms with E-state index in [-0.39, 0.29) is 17.8 Å². The summed E-state index contributed by atoms with van der Waals surface area (Å²) < 4.78 is 0. The number of rotatable bonds is 3. The van der Waals surface area contributed by atoms with Crippen molar-refractivity contribution in [2.75, 3.05) is 26.2 Å². The third kappa shape index (κ3) is 4.27. The lowest BCUT2D eigenvalue weighted by Crippen LogP contribution is -2.34. The average molecular weight is 337 g/mol. The highest BCUT2D eigenvalue weighted by molar-refractivity contribution is 5.85. The van der Waals surface area contributed by atoms with E-state index in [1.807, 2.05) is 0 Å². The van der Waals surface area contributed by atoms with Crippen molar-refractivity contribution in [1.29, 1.82) is 0 Å². The summed E-state index contributed by atoms with van der Waals surface area (Å²) in [5, 5.41) is 3.37. The van der Waals surface area contributed by atoms with E-state index in [1.165, 1.54) is 5.56 Å². The molecule has 0 spiro atoms. The molecular weight excluding hydrogens is 308 g/mol. The fourth-order valence-corrected chi connectivity index (χ4v) is 4.03. The Morgan fingerprint density at radius 2 is 1.87 bits per heavy atom. The van der Waals surface area contributed by atoms with Gasteiger partial charge in [-0.15, -0.1) is 12.4 Å². The molecule has 0 radical (unpaired) electrons. The van der Waals surface area contributed by atoms with Crippen molar-refractivity contribution in [2.45, 2.75) is 39.0 Å². The van der Waals surface area contributed by atoms with Crippen molar-refractivity contribution in [3.8, 4) is 0 Å². The van der Waals surface area contributed by atoms with Crippen LogP contribution < -0.4 is 5.32 Å². The average Bonchev–Trinajstić information content (AvgIpc) is 2.85. The van der Waals surface area contributed by atoms with E-state index < -0.39 is 0 Å². The van der Waals surface area contributed by atoms with Gasteiger partial charge >= 0.3 is 0 Å². The Bertz CT molecular complexity index is 511. The molecule has 2 heterocycles. The Hall–Kier alpha value is -1.06. The Kier molecular flexibility index (Phi) is 6.10. The van der Waals surface area contributed by atoms with Gasteiger partial charge in [0.15, 0.2) is 0 Å². The number of nitrogens with one attached hydrogen (secondary N) is 1. The van der Waals surface area contributed by atoms with E-state index in [2.05, 4.69) is 54.4 Å². The first-order valence-electron chi connectivity index (χ1n) is 8.60. The van der Waals surface area contributed by atoms with Gasteiger partial charge in [0.05, 0.1) is 0 Å². The molecule has 0 bridgehead atoms. The monoisotopic (exact) mass is 336 g/mol. The number of piperidine rings is 1. The molecule has 1 aromatic rings. The molecule has 23 heavy (non-hydrogen) atoms. The van der Waals surface area contributed by atoms with Crippen molar-refractivity contribution >= 4 is 18.3 Å². The number of hydrogen-bond donors (Lipinski definition) is 1. The van der Waals surface area contributed by atoms with Gasteiger partial charge in [-0.05, 0) is 42.8 Å². The van der Waals surface area contributed by atoms with Gasteiger partial charge in [-0.25, -0.2) is 0 Å². The van der Waals surface area contributed by atoms with Gasteiger partial charge < -0.3 is 10.2 Å². The van der Waals surface area contributed by atoms with Gasteiger partial charge in [0.25, 0.3) is 0 Å². The Morgan fingerprint density at radius 1 is 1.22 bits per heavy atom. The van der Waals surface area contributed by atoms with Crippen LogP contribution in [0.4, 0.5) is 0 Å². The van der Waals surface area contributed by atoms with Crippen LogP contribution in [0.25, 0.3) is 0 Å². The standard InChI is InChI=1S/C19H28N2O.ClH/c1-19(2)14-21(13-17(19)16-6-4-3-5-7-16)18(22)12-15-8-10-20-11-9-15;/h3-7,15,17,20H,8-14H2,1-2H3;1H. The normalized spacial score (nSPS) is 24.3. The lowest BCUT2D eigenvalue weighted by atomic mass is 9.78. The summed E-state index contributed by atoms with van der Waals surface area (Å²) in [5.74, 6) is 1.39. The van der Waals surface area contributed by atoms with Crippen LogP contribution in [0.1, 0.15) is 44.6 Å². The van der Waals surface area contributed by atoms with E-state index in [9.17, 15) is 4.79 Å². The molecule has 2 saturated heterocycles. The van der Waals surface area contributed by atoms with Gasteiger partial charge in [-0.1, -0.05) is 44.2 Å². The van der Waals surface area contributed by atoms with Crippen LogP contribution in [0.2, 0.25) is 0 Å². The molecule has 3 nitrogen and oxygen atoms in total. The lowest BCUT2D eigenvalue weighted by molar-refractivity contribution is -0.131. The number of nitrogens with zero attached hydrogens (tertiary/aromatic N) is 1. The summed E-state index contributed by atoms with van der Waals surface area (Å²) in [6, 6.07) is 10.7. The van der Waals surface area contributed by atoms with Crippen molar-refractivity contribution in [2.24, 2.45) is 11.3 Å². The molecule has 0 aliphatic carbocycles. The largest absolute Gasteiger partial charge is 0.341 e. The predicted molar refractivity (Wildman–Crippen MR) is 97.0 cm³/mol. The maximum Gasteiger partial charge on any atom is 0.222 e. The molecular formula is C19H29ClN2O. The zero-order chi connectivity index (χ0) is 15.6. The smallest absolute Gasteiger partial charge is 0.222 e. The highest BCUT2D eigenvalue weighted by Crippen LogP contribution is 2.42. The fourth-order valence-electron chi connectivity index (χ4n) is 4.03. The minimum Gasteiger partial charge on any atom is -0.341 e. The molecule has 1 N–H and O–H groups in total. The molecule has 0 saturated carbocycles. The summed E-state index contributed by atoms with van der Waals surface area (Å²) in [6.45, 7) is 8.48. The quantitative estimate of drug-likeness (QED) is 0.917. The molecule has 1 unspecified atom stereocenters. The third-order valence-electron chi connectivity index (χ3n) is 5.42. The molecule has 2 aliphatic rings. The summed E-state index contributed by atoms with van der Waals surface area (Å²) in [6.07, 6.45) is 3.02. The van der Waals surface area contributed by atoms with E-state index in [0.717, 1.165) is 45.4 Å². The molecule has 1 amide bonds. The number of benzene rings is 1. The summed E-state index contributed by atoms with van der Waals surface area (Å²) in [4.78, 5) is 14.8. The van der Waals surface area contributed by atoms with E-state index >= 15 is 0 Å². The van der Waals surface area contributed by atoms with Gasteiger partial charge in [-0.2, -0.15) is 0 Å². The van der Waals surface area contributed by atoms with Crippen LogP contribution in [0.5, 0.6) is 0 Å². The highest BCUT2D eigenvalue weighted by atomic mass is 35.5. The molecule has 0 aromatic heterocycles. The Labute approximate surface area is 146 Å². The van der Waals surface area contributed by atoms with Crippen LogP contribution in [0.3, 0.4) is 0 Å². The van der Waals surface area contributed by atoms with Crippen LogP contribution in [-0.4, -0.2) is 37.0 Å². The lowest BCUT2D eigenvalue weighted by Gasteiger charge is -2.26. The Morgan fingerprint density at radius 3 is 2.52 bits per heavy atom. The molecule has 1 atom stereocenters. The van der Waals surface area contributed by atoms with E-state index in [4.69, 9.17) is 0 Å². The zero-order valence-electron chi connectivity index (χ0n) is 14.3. The second-order valence-electron chi connectivity index (χ2n) is 7.62. The number of hydrogen-bond acceptors (Lipinski definition) is 2. The molecule has 2 fully saturated rings. The topological polar surface area (TPSA) is 32.3 Å². The minimum atomic E-state index is 0. The number of carbonyl (C=O) groups is 1. The second-order valence-corrected chi connectivity index (χ2v) is 7.62. The number of amides is 1. The molecule has 2 aliphatic heterocycles. The van der Waals surface area contributed by atoms with Crippen molar-refractivity contribution in [3.05, 3.63) is 35.9 Å². The van der Waals surface area contributed by atoms with Crippen LogP contribution >= 0.6 is 12.4 Å². The van der Waals surface area contributed by atoms with Gasteiger partial charge in [-0.3, -0.25) is 4.79 Å². The molecule has 1 aromatic carbocycles. The molecule has 128 valence electrons. The molecule has 3 rings (SSSR count). The Balaban J connectivity index is 0.00000192. The maximum absolute atomic E-state index is 12.7.